The number of benzene rings is 1. The number of rotatable bonds is 5. The maximum atomic E-state index is 13.1. The first-order chi connectivity index (χ1) is 8.72. The van der Waals surface area contributed by atoms with Crippen LogP contribution in [0.15, 0.2) is 24.3 Å². The summed E-state index contributed by atoms with van der Waals surface area (Å²) in [4.78, 5) is 5.52. The number of hydrogen-bond acceptors (Lipinski definition) is 4. The molecule has 0 atom stereocenters. The zero-order valence-electron chi connectivity index (χ0n) is 10.1. The maximum absolute atomic E-state index is 13.1. The fraction of sp³-hybridized carbons (Fsp3) is 0.308. The molecule has 1 aromatic carbocycles. The molecule has 0 saturated heterocycles. The minimum atomic E-state index is -0.222. The Labute approximate surface area is 109 Å². The fourth-order valence-corrected chi connectivity index (χ4v) is 2.73. The number of hydrogen-bond donors (Lipinski definition) is 1. The molecule has 2 rings (SSSR count). The van der Waals surface area contributed by atoms with Crippen LogP contribution in [0.4, 0.5) is 4.39 Å². The van der Waals surface area contributed by atoms with Crippen molar-refractivity contribution in [1.82, 2.24) is 4.98 Å². The van der Waals surface area contributed by atoms with Crippen LogP contribution in [0.2, 0.25) is 0 Å². The van der Waals surface area contributed by atoms with Gasteiger partial charge in [0.15, 0.2) is 0 Å². The molecule has 0 saturated carbocycles. The van der Waals surface area contributed by atoms with E-state index in [-0.39, 0.29) is 5.82 Å². The molecular formula is C13H15FN2OS. The summed E-state index contributed by atoms with van der Waals surface area (Å²) in [6.07, 6.45) is 0.624. The quantitative estimate of drug-likeness (QED) is 0.904. The predicted octanol–water partition coefficient (Wildman–Crippen LogP) is 2.48. The molecule has 0 amide bonds. The minimum Gasteiger partial charge on any atom is -0.378 e. The van der Waals surface area contributed by atoms with Crippen molar-refractivity contribution in [2.45, 2.75) is 19.6 Å². The zero-order valence-corrected chi connectivity index (χ0v) is 11.0. The van der Waals surface area contributed by atoms with Crippen molar-refractivity contribution in [2.75, 3.05) is 7.11 Å². The molecule has 2 aromatic rings. The van der Waals surface area contributed by atoms with E-state index in [1.807, 2.05) is 6.07 Å². The Kier molecular flexibility index (Phi) is 4.41. The number of nitrogens with two attached hydrogens (primary N) is 1. The van der Waals surface area contributed by atoms with Crippen LogP contribution in [-0.2, 0) is 24.3 Å². The van der Waals surface area contributed by atoms with Gasteiger partial charge in [-0.2, -0.15) is 0 Å². The number of nitrogens with zero attached hydrogens (tertiary/aromatic N) is 1. The van der Waals surface area contributed by atoms with Crippen molar-refractivity contribution in [3.63, 3.8) is 0 Å². The molecule has 3 nitrogen and oxygen atoms in total. The van der Waals surface area contributed by atoms with Crippen molar-refractivity contribution in [1.29, 1.82) is 0 Å². The highest BCUT2D eigenvalue weighted by atomic mass is 32.1. The van der Waals surface area contributed by atoms with Gasteiger partial charge in [0.05, 0.1) is 17.3 Å². The lowest BCUT2D eigenvalue weighted by Crippen LogP contribution is -1.99. The third kappa shape index (κ3) is 3.13. The van der Waals surface area contributed by atoms with Gasteiger partial charge in [-0.05, 0) is 17.7 Å². The van der Waals surface area contributed by atoms with Crippen molar-refractivity contribution >= 4 is 11.3 Å². The number of aromatic nitrogens is 1. The van der Waals surface area contributed by atoms with E-state index in [4.69, 9.17) is 10.5 Å². The van der Waals surface area contributed by atoms with Gasteiger partial charge in [-0.1, -0.05) is 12.1 Å². The lowest BCUT2D eigenvalue weighted by atomic mass is 10.1. The van der Waals surface area contributed by atoms with Crippen molar-refractivity contribution in [2.24, 2.45) is 5.73 Å². The van der Waals surface area contributed by atoms with Gasteiger partial charge in [-0.15, -0.1) is 11.3 Å². The van der Waals surface area contributed by atoms with Gasteiger partial charge in [-0.25, -0.2) is 9.37 Å². The Morgan fingerprint density at radius 1 is 1.44 bits per heavy atom. The van der Waals surface area contributed by atoms with E-state index in [1.165, 1.54) is 12.1 Å². The summed E-state index contributed by atoms with van der Waals surface area (Å²) in [7, 11) is 1.63. The van der Waals surface area contributed by atoms with Crippen LogP contribution >= 0.6 is 11.3 Å². The lowest BCUT2D eigenvalue weighted by Gasteiger charge is -1.97. The van der Waals surface area contributed by atoms with Crippen molar-refractivity contribution in [3.05, 3.63) is 51.2 Å². The van der Waals surface area contributed by atoms with Gasteiger partial charge in [0.1, 0.15) is 5.82 Å². The molecule has 0 fully saturated rings. The summed E-state index contributed by atoms with van der Waals surface area (Å²) in [6.45, 7) is 0.922. The molecule has 18 heavy (non-hydrogen) atoms. The number of halogens is 1. The van der Waals surface area contributed by atoms with Gasteiger partial charge >= 0.3 is 0 Å². The van der Waals surface area contributed by atoms with Gasteiger partial charge in [0, 0.05) is 25.0 Å². The van der Waals surface area contributed by atoms with Crippen LogP contribution < -0.4 is 5.73 Å². The monoisotopic (exact) mass is 266 g/mol. The molecule has 2 N–H and O–H groups in total. The third-order valence-corrected chi connectivity index (χ3v) is 3.65. The normalized spacial score (nSPS) is 10.8. The van der Waals surface area contributed by atoms with Crippen LogP contribution in [-0.4, -0.2) is 12.1 Å². The molecular weight excluding hydrogens is 251 g/mol. The molecule has 0 aliphatic carbocycles. The summed E-state index contributed by atoms with van der Waals surface area (Å²) in [5, 5.41) is 0.938. The first kappa shape index (κ1) is 13.1. The summed E-state index contributed by atoms with van der Waals surface area (Å²) in [5.74, 6) is -0.222. The third-order valence-electron chi connectivity index (χ3n) is 2.53. The van der Waals surface area contributed by atoms with E-state index in [2.05, 4.69) is 4.98 Å². The Balaban J connectivity index is 2.19. The predicted molar refractivity (Wildman–Crippen MR) is 69.9 cm³/mol. The van der Waals surface area contributed by atoms with E-state index in [9.17, 15) is 4.39 Å². The Bertz CT molecular complexity index is 527. The van der Waals surface area contributed by atoms with E-state index in [0.717, 1.165) is 21.1 Å². The standard InChI is InChI=1S/C13H15FN2OS/c1-17-8-11-12(7-15)18-13(16-11)6-9-3-2-4-10(14)5-9/h2-5H,6-8,15H2,1H3. The average Bonchev–Trinajstić information content (AvgIpc) is 2.72. The van der Waals surface area contributed by atoms with E-state index < -0.39 is 0 Å². The summed E-state index contributed by atoms with van der Waals surface area (Å²) in [5.41, 5.74) is 7.47. The molecule has 0 radical (unpaired) electrons. The van der Waals surface area contributed by atoms with Gasteiger partial charge < -0.3 is 10.5 Å². The van der Waals surface area contributed by atoms with Crippen molar-refractivity contribution in [3.8, 4) is 0 Å². The average molecular weight is 266 g/mol. The fourth-order valence-electron chi connectivity index (χ4n) is 1.74. The first-order valence-corrected chi connectivity index (χ1v) is 6.45. The number of ether oxygens (including phenoxy) is 1. The topological polar surface area (TPSA) is 48.1 Å². The van der Waals surface area contributed by atoms with Crippen LogP contribution in [0, 0.1) is 5.82 Å². The highest BCUT2D eigenvalue weighted by Gasteiger charge is 2.10. The van der Waals surface area contributed by atoms with E-state index in [1.54, 1.807) is 24.5 Å². The van der Waals surface area contributed by atoms with E-state index in [0.29, 0.717) is 19.6 Å². The second-order valence-electron chi connectivity index (χ2n) is 3.92. The molecule has 0 aliphatic heterocycles. The summed E-state index contributed by atoms with van der Waals surface area (Å²) in [6, 6.07) is 6.56. The van der Waals surface area contributed by atoms with Crippen molar-refractivity contribution < 1.29 is 9.13 Å². The molecule has 0 bridgehead atoms. The Morgan fingerprint density at radius 3 is 2.94 bits per heavy atom. The van der Waals surface area contributed by atoms with Crippen LogP contribution in [0.3, 0.4) is 0 Å². The highest BCUT2D eigenvalue weighted by Crippen LogP contribution is 2.21. The molecule has 1 aromatic heterocycles. The van der Waals surface area contributed by atoms with Crippen LogP contribution in [0.1, 0.15) is 21.1 Å². The lowest BCUT2D eigenvalue weighted by molar-refractivity contribution is 0.181. The summed E-state index contributed by atoms with van der Waals surface area (Å²) < 4.78 is 18.2. The second kappa shape index (κ2) is 6.04. The Morgan fingerprint density at radius 2 is 2.28 bits per heavy atom. The van der Waals surface area contributed by atoms with Gasteiger partial charge in [0.25, 0.3) is 0 Å². The summed E-state index contributed by atoms with van der Waals surface area (Å²) >= 11 is 1.56. The molecule has 1 heterocycles. The maximum Gasteiger partial charge on any atom is 0.123 e. The number of methoxy groups -OCH3 is 1. The van der Waals surface area contributed by atoms with Gasteiger partial charge in [-0.3, -0.25) is 0 Å². The molecule has 96 valence electrons. The van der Waals surface area contributed by atoms with Crippen LogP contribution in [0.25, 0.3) is 0 Å². The smallest absolute Gasteiger partial charge is 0.123 e. The second-order valence-corrected chi connectivity index (χ2v) is 5.09. The molecule has 0 aliphatic rings. The zero-order chi connectivity index (χ0) is 13.0. The first-order valence-electron chi connectivity index (χ1n) is 5.64. The number of thiazole rings is 1. The Hall–Kier alpha value is -1.30. The van der Waals surface area contributed by atoms with E-state index >= 15 is 0 Å². The van der Waals surface area contributed by atoms with Crippen LogP contribution in [0.5, 0.6) is 0 Å². The van der Waals surface area contributed by atoms with Gasteiger partial charge in [0.2, 0.25) is 0 Å². The molecule has 0 unspecified atom stereocenters. The molecule has 5 heteroatoms. The largest absolute Gasteiger partial charge is 0.378 e. The highest BCUT2D eigenvalue weighted by molar-refractivity contribution is 7.11. The molecule has 0 spiro atoms. The SMILES string of the molecule is COCc1nc(Cc2cccc(F)c2)sc1CN. The minimum absolute atomic E-state index is 0.222.